The van der Waals surface area contributed by atoms with Gasteiger partial charge in [0.05, 0.1) is 18.0 Å². The largest absolute Gasteiger partial charge is 0.470 e. The van der Waals surface area contributed by atoms with Crippen molar-refractivity contribution < 1.29 is 30.4 Å². The summed E-state index contributed by atoms with van der Waals surface area (Å²) < 4.78 is 82.9. The van der Waals surface area contributed by atoms with Crippen LogP contribution in [0.15, 0.2) is 52.9 Å². The van der Waals surface area contributed by atoms with E-state index >= 15 is 0 Å². The zero-order chi connectivity index (χ0) is 21.2. The first-order valence-corrected chi connectivity index (χ1v) is 9.97. The number of hydrogen-bond acceptors (Lipinski definition) is 5. The summed E-state index contributed by atoms with van der Waals surface area (Å²) in [5.41, 5.74) is 0.341. The minimum absolute atomic E-state index is 0.0326. The van der Waals surface area contributed by atoms with Gasteiger partial charge >= 0.3 is 12.1 Å². The van der Waals surface area contributed by atoms with Crippen LogP contribution in [0.4, 0.5) is 23.2 Å². The van der Waals surface area contributed by atoms with Gasteiger partial charge in [-0.15, -0.1) is 10.2 Å². The van der Waals surface area contributed by atoms with Crippen molar-refractivity contribution in [2.24, 2.45) is 0 Å². The summed E-state index contributed by atoms with van der Waals surface area (Å²) >= 11 is 0. The van der Waals surface area contributed by atoms with Crippen LogP contribution < -0.4 is 4.31 Å². The fourth-order valence-electron chi connectivity index (χ4n) is 2.52. The molecule has 11 heteroatoms. The average Bonchev–Trinajstić information content (AvgIpc) is 3.18. The molecular formula is C18H15F4N3O3S. The Hall–Kier alpha value is -2.95. The summed E-state index contributed by atoms with van der Waals surface area (Å²) in [5, 5.41) is 6.17. The number of rotatable bonds is 6. The molecule has 6 nitrogen and oxygen atoms in total. The molecule has 3 rings (SSSR count). The van der Waals surface area contributed by atoms with Crippen molar-refractivity contribution in [1.82, 2.24) is 10.2 Å². The van der Waals surface area contributed by atoms with Crippen LogP contribution in [0.3, 0.4) is 0 Å². The average molecular weight is 429 g/mol. The molecule has 0 saturated heterocycles. The molecule has 3 aromatic rings. The third-order valence-electron chi connectivity index (χ3n) is 4.03. The third-order valence-corrected chi connectivity index (χ3v) is 5.77. The van der Waals surface area contributed by atoms with Crippen LogP contribution in [0, 0.1) is 5.82 Å². The summed E-state index contributed by atoms with van der Waals surface area (Å²) in [4.78, 5) is 0. The lowest BCUT2D eigenvalue weighted by atomic mass is 10.1. The molecule has 154 valence electrons. The van der Waals surface area contributed by atoms with Crippen LogP contribution in [0.1, 0.15) is 18.4 Å². The van der Waals surface area contributed by atoms with Gasteiger partial charge in [0.15, 0.2) is 0 Å². The van der Waals surface area contributed by atoms with Crippen LogP contribution in [-0.4, -0.2) is 24.4 Å². The summed E-state index contributed by atoms with van der Waals surface area (Å²) in [6, 6.07) is 11.7. The first-order valence-electron chi connectivity index (χ1n) is 8.37. The maximum atomic E-state index is 14.6. The zero-order valence-electron chi connectivity index (χ0n) is 15.0. The van der Waals surface area contributed by atoms with E-state index in [2.05, 4.69) is 14.6 Å². The maximum absolute atomic E-state index is 14.6. The van der Waals surface area contributed by atoms with Gasteiger partial charge < -0.3 is 4.42 Å². The monoisotopic (exact) mass is 429 g/mol. The van der Waals surface area contributed by atoms with E-state index in [1.807, 2.05) is 0 Å². The molecular weight excluding hydrogens is 414 g/mol. The van der Waals surface area contributed by atoms with Gasteiger partial charge in [0.2, 0.25) is 15.9 Å². The number of aromatic nitrogens is 2. The number of anilines is 1. The molecule has 29 heavy (non-hydrogen) atoms. The van der Waals surface area contributed by atoms with Crippen LogP contribution in [-0.2, 0) is 22.7 Å². The van der Waals surface area contributed by atoms with Crippen molar-refractivity contribution in [2.45, 2.75) is 19.6 Å². The Morgan fingerprint density at radius 2 is 1.76 bits per heavy atom. The first kappa shape index (κ1) is 20.8. The summed E-state index contributed by atoms with van der Waals surface area (Å²) in [6.07, 6.45) is -4.81. The number of sulfonamides is 1. The lowest BCUT2D eigenvalue weighted by molar-refractivity contribution is -0.156. The van der Waals surface area contributed by atoms with Gasteiger partial charge in [-0.1, -0.05) is 24.3 Å². The van der Waals surface area contributed by atoms with Crippen molar-refractivity contribution in [3.8, 4) is 11.5 Å². The molecule has 0 fully saturated rings. The van der Waals surface area contributed by atoms with E-state index in [4.69, 9.17) is 0 Å². The van der Waals surface area contributed by atoms with E-state index < -0.39 is 33.8 Å². The predicted octanol–water partition coefficient (Wildman–Crippen LogP) is 4.25. The molecule has 0 unspecified atom stereocenters. The molecule has 0 radical (unpaired) electrons. The van der Waals surface area contributed by atoms with Gasteiger partial charge in [-0.25, -0.2) is 12.8 Å². The predicted molar refractivity (Wildman–Crippen MR) is 96.8 cm³/mol. The summed E-state index contributed by atoms with van der Waals surface area (Å²) in [6.45, 7) is 1.18. The maximum Gasteiger partial charge on any atom is 0.470 e. The Morgan fingerprint density at radius 3 is 2.31 bits per heavy atom. The Kier molecular flexibility index (Phi) is 5.60. The minimum atomic E-state index is -4.81. The van der Waals surface area contributed by atoms with Crippen LogP contribution in [0.2, 0.25) is 0 Å². The van der Waals surface area contributed by atoms with Gasteiger partial charge in [-0.3, -0.25) is 4.31 Å². The first-order chi connectivity index (χ1) is 13.6. The lowest BCUT2D eigenvalue weighted by Crippen LogP contribution is -2.32. The molecule has 0 aliphatic heterocycles. The topological polar surface area (TPSA) is 76.3 Å². The Bertz CT molecular complexity index is 1100. The molecule has 0 aliphatic rings. The van der Waals surface area contributed by atoms with Crippen LogP contribution in [0.5, 0.6) is 0 Å². The highest BCUT2D eigenvalue weighted by atomic mass is 32.2. The second kappa shape index (κ2) is 7.82. The highest BCUT2D eigenvalue weighted by Crippen LogP contribution is 2.31. The molecule has 0 bridgehead atoms. The second-order valence-corrected chi connectivity index (χ2v) is 8.14. The summed E-state index contributed by atoms with van der Waals surface area (Å²) in [5.74, 6) is -3.05. The van der Waals surface area contributed by atoms with Crippen molar-refractivity contribution in [3.63, 3.8) is 0 Å². The normalized spacial score (nSPS) is 12.2. The molecule has 2 aromatic carbocycles. The van der Waals surface area contributed by atoms with E-state index in [-0.39, 0.29) is 23.4 Å². The zero-order valence-corrected chi connectivity index (χ0v) is 15.8. The molecule has 1 heterocycles. The fourth-order valence-corrected chi connectivity index (χ4v) is 3.61. The number of alkyl halides is 3. The van der Waals surface area contributed by atoms with Crippen molar-refractivity contribution >= 4 is 15.7 Å². The molecule has 0 atom stereocenters. The van der Waals surface area contributed by atoms with Gasteiger partial charge in [-0.2, -0.15) is 13.2 Å². The van der Waals surface area contributed by atoms with Crippen LogP contribution >= 0.6 is 0 Å². The van der Waals surface area contributed by atoms with Crippen molar-refractivity contribution in [2.75, 3.05) is 10.1 Å². The molecule has 0 aliphatic carbocycles. The SMILES string of the molecule is CCS(=O)(=O)N(Cc1ccc(-c2nnc(C(F)(F)F)o2)cc1F)c1ccccc1. The number of benzene rings is 2. The molecule has 1 aromatic heterocycles. The quantitative estimate of drug-likeness (QED) is 0.548. The lowest BCUT2D eigenvalue weighted by Gasteiger charge is -2.24. The number of nitrogens with zero attached hydrogens (tertiary/aromatic N) is 3. The van der Waals surface area contributed by atoms with Gasteiger partial charge in [0.25, 0.3) is 0 Å². The van der Waals surface area contributed by atoms with E-state index in [1.165, 1.54) is 19.1 Å². The van der Waals surface area contributed by atoms with Gasteiger partial charge in [0.1, 0.15) is 5.82 Å². The Morgan fingerprint density at radius 1 is 1.07 bits per heavy atom. The van der Waals surface area contributed by atoms with Gasteiger partial charge in [0, 0.05) is 11.1 Å². The van der Waals surface area contributed by atoms with Gasteiger partial charge in [-0.05, 0) is 31.2 Å². The van der Waals surface area contributed by atoms with Crippen molar-refractivity contribution in [1.29, 1.82) is 0 Å². The Labute approximate surface area is 163 Å². The fraction of sp³-hybridized carbons (Fsp3) is 0.222. The Balaban J connectivity index is 1.92. The van der Waals surface area contributed by atoms with Crippen LogP contribution in [0.25, 0.3) is 11.5 Å². The second-order valence-electron chi connectivity index (χ2n) is 5.96. The summed E-state index contributed by atoms with van der Waals surface area (Å²) in [7, 11) is -3.70. The number of hydrogen-bond donors (Lipinski definition) is 0. The third kappa shape index (κ3) is 4.56. The molecule has 0 amide bonds. The van der Waals surface area contributed by atoms with E-state index in [1.54, 1.807) is 30.3 Å². The molecule has 0 spiro atoms. The minimum Gasteiger partial charge on any atom is -0.413 e. The highest BCUT2D eigenvalue weighted by Gasteiger charge is 2.38. The standard InChI is InChI=1S/C18H15F4N3O3S/c1-2-29(26,27)25(14-6-4-3-5-7-14)11-13-9-8-12(10-15(13)19)16-23-24-17(28-16)18(20,21)22/h3-10H,2,11H2,1H3. The van der Waals surface area contributed by atoms with E-state index in [9.17, 15) is 26.0 Å². The molecule has 0 N–H and O–H groups in total. The number of halogens is 4. The number of para-hydroxylation sites is 1. The van der Waals surface area contributed by atoms with E-state index in [0.717, 1.165) is 10.4 Å². The van der Waals surface area contributed by atoms with E-state index in [0.29, 0.717) is 5.69 Å². The smallest absolute Gasteiger partial charge is 0.413 e. The van der Waals surface area contributed by atoms with Crippen molar-refractivity contribution in [3.05, 3.63) is 65.8 Å². The highest BCUT2D eigenvalue weighted by molar-refractivity contribution is 7.92. The molecule has 0 saturated carbocycles.